The number of hydrogen-bond donors (Lipinski definition) is 1. The third-order valence-electron chi connectivity index (χ3n) is 5.46. The van der Waals surface area contributed by atoms with Crippen molar-refractivity contribution in [3.63, 3.8) is 0 Å². The molecule has 3 amide bonds. The molecule has 3 aromatic rings. The highest BCUT2D eigenvalue weighted by atomic mass is 16.2. The lowest BCUT2D eigenvalue weighted by Crippen LogP contribution is -2.50. The van der Waals surface area contributed by atoms with Crippen LogP contribution in [0, 0.1) is 0 Å². The standard InChI is InChI=1S/C19H20N6O2/c1-22-6-7-24(19(22)27)13-8-21-25(12-13)14-10-23(11-14)18(26)16-9-20-17-5-3-2-4-15(16)17/h2-5,8-9,12,14,20H,6-7,10-11H2,1H3. The Morgan fingerprint density at radius 1 is 1.22 bits per heavy atom. The molecule has 0 bridgehead atoms. The van der Waals surface area contributed by atoms with E-state index in [0.717, 1.165) is 23.1 Å². The number of rotatable bonds is 3. The van der Waals surface area contributed by atoms with E-state index in [2.05, 4.69) is 10.1 Å². The Balaban J connectivity index is 1.27. The third-order valence-corrected chi connectivity index (χ3v) is 5.46. The minimum atomic E-state index is -0.000648. The summed E-state index contributed by atoms with van der Waals surface area (Å²) in [6.07, 6.45) is 5.40. The van der Waals surface area contributed by atoms with Gasteiger partial charge in [0, 0.05) is 56.5 Å². The smallest absolute Gasteiger partial charge is 0.324 e. The number of nitrogens with zero attached hydrogens (tertiary/aromatic N) is 5. The van der Waals surface area contributed by atoms with E-state index in [9.17, 15) is 9.59 Å². The highest BCUT2D eigenvalue weighted by Crippen LogP contribution is 2.28. The van der Waals surface area contributed by atoms with Crippen LogP contribution in [0.4, 0.5) is 10.5 Å². The van der Waals surface area contributed by atoms with E-state index in [1.165, 1.54) is 0 Å². The maximum Gasteiger partial charge on any atom is 0.324 e. The van der Waals surface area contributed by atoms with Crippen molar-refractivity contribution in [3.05, 3.63) is 48.4 Å². The number of fused-ring (bicyclic) bond motifs is 1. The summed E-state index contributed by atoms with van der Waals surface area (Å²) in [5.74, 6) is 0.0347. The summed E-state index contributed by atoms with van der Waals surface area (Å²) in [4.78, 5) is 33.3. The molecule has 2 aliphatic rings. The van der Waals surface area contributed by atoms with E-state index in [4.69, 9.17) is 0 Å². The number of hydrogen-bond acceptors (Lipinski definition) is 3. The Bertz CT molecular complexity index is 1030. The molecule has 138 valence electrons. The average Bonchev–Trinajstić information content (AvgIpc) is 3.34. The number of aromatic nitrogens is 3. The molecule has 2 saturated heterocycles. The van der Waals surface area contributed by atoms with Gasteiger partial charge in [-0.1, -0.05) is 18.2 Å². The predicted molar refractivity (Wildman–Crippen MR) is 101 cm³/mol. The molecule has 2 aliphatic heterocycles. The summed E-state index contributed by atoms with van der Waals surface area (Å²) >= 11 is 0. The highest BCUT2D eigenvalue weighted by Gasteiger charge is 2.35. The van der Waals surface area contributed by atoms with E-state index >= 15 is 0 Å². The van der Waals surface area contributed by atoms with Crippen molar-refractivity contribution in [2.24, 2.45) is 0 Å². The summed E-state index contributed by atoms with van der Waals surface area (Å²) in [5, 5.41) is 5.36. The molecule has 0 unspecified atom stereocenters. The molecule has 27 heavy (non-hydrogen) atoms. The van der Waals surface area contributed by atoms with Crippen LogP contribution in [0.5, 0.6) is 0 Å². The number of carbonyl (C=O) groups is 2. The SMILES string of the molecule is CN1CCN(c2cnn(C3CN(C(=O)c4c[nH]c5ccccc45)C3)c2)C1=O. The molecule has 0 saturated carbocycles. The van der Waals surface area contributed by atoms with Crippen LogP contribution in [0.25, 0.3) is 10.9 Å². The van der Waals surface area contributed by atoms with Crippen LogP contribution >= 0.6 is 0 Å². The Morgan fingerprint density at radius 2 is 2.04 bits per heavy atom. The molecule has 0 atom stereocenters. The zero-order chi connectivity index (χ0) is 18.5. The summed E-state index contributed by atoms with van der Waals surface area (Å²) in [6, 6.07) is 7.95. The first-order valence-electron chi connectivity index (χ1n) is 9.04. The molecular weight excluding hydrogens is 344 g/mol. The second-order valence-electron chi connectivity index (χ2n) is 7.15. The van der Waals surface area contributed by atoms with Crippen molar-refractivity contribution in [3.8, 4) is 0 Å². The van der Waals surface area contributed by atoms with Gasteiger partial charge in [-0.05, 0) is 6.07 Å². The Hall–Kier alpha value is -3.29. The summed E-state index contributed by atoms with van der Waals surface area (Å²) in [5.41, 5.74) is 2.48. The van der Waals surface area contributed by atoms with Gasteiger partial charge in [-0.2, -0.15) is 5.10 Å². The number of aromatic amines is 1. The van der Waals surface area contributed by atoms with Crippen LogP contribution in [0.1, 0.15) is 16.4 Å². The molecule has 8 nitrogen and oxygen atoms in total. The van der Waals surface area contributed by atoms with Gasteiger partial charge in [0.2, 0.25) is 0 Å². The van der Waals surface area contributed by atoms with Gasteiger partial charge < -0.3 is 14.8 Å². The third kappa shape index (κ3) is 2.48. The first-order chi connectivity index (χ1) is 13.1. The number of amides is 3. The van der Waals surface area contributed by atoms with E-state index in [1.54, 1.807) is 29.2 Å². The molecule has 4 heterocycles. The van der Waals surface area contributed by atoms with Crippen molar-refractivity contribution in [2.75, 3.05) is 38.1 Å². The van der Waals surface area contributed by atoms with Crippen molar-refractivity contribution in [1.82, 2.24) is 24.6 Å². The lowest BCUT2D eigenvalue weighted by atomic mass is 10.1. The lowest BCUT2D eigenvalue weighted by molar-refractivity contribution is 0.0504. The van der Waals surface area contributed by atoms with Gasteiger partial charge in [0.15, 0.2) is 0 Å². The average molecular weight is 364 g/mol. The molecule has 1 aromatic carbocycles. The fraction of sp³-hybridized carbons (Fsp3) is 0.316. The van der Waals surface area contributed by atoms with Gasteiger partial charge in [-0.25, -0.2) is 4.79 Å². The quantitative estimate of drug-likeness (QED) is 0.771. The number of urea groups is 1. The monoisotopic (exact) mass is 364 g/mol. The van der Waals surface area contributed by atoms with Crippen molar-refractivity contribution in [1.29, 1.82) is 0 Å². The minimum absolute atomic E-state index is 0.000648. The second-order valence-corrected chi connectivity index (χ2v) is 7.15. The van der Waals surface area contributed by atoms with Crippen molar-refractivity contribution < 1.29 is 9.59 Å². The first kappa shape index (κ1) is 15.9. The maximum atomic E-state index is 12.8. The van der Waals surface area contributed by atoms with Crippen LogP contribution in [0.3, 0.4) is 0 Å². The second kappa shape index (κ2) is 5.87. The van der Waals surface area contributed by atoms with E-state index in [0.29, 0.717) is 25.2 Å². The molecule has 2 aromatic heterocycles. The topological polar surface area (TPSA) is 77.5 Å². The van der Waals surface area contributed by atoms with Gasteiger partial charge >= 0.3 is 6.03 Å². The number of likely N-dealkylation sites (tertiary alicyclic amines) is 1. The Kier molecular flexibility index (Phi) is 3.46. The van der Waals surface area contributed by atoms with Gasteiger partial charge in [-0.15, -0.1) is 0 Å². The molecule has 5 rings (SSSR count). The minimum Gasteiger partial charge on any atom is -0.360 e. The Labute approximate surface area is 155 Å². The summed E-state index contributed by atoms with van der Waals surface area (Å²) in [6.45, 7) is 2.64. The predicted octanol–water partition coefficient (Wildman–Crippen LogP) is 1.93. The van der Waals surface area contributed by atoms with Crippen LogP contribution in [-0.2, 0) is 0 Å². The zero-order valence-corrected chi connectivity index (χ0v) is 15.0. The number of likely N-dealkylation sites (N-methyl/N-ethyl adjacent to an activating group) is 1. The molecular formula is C19H20N6O2. The number of benzene rings is 1. The zero-order valence-electron chi connectivity index (χ0n) is 15.0. The van der Waals surface area contributed by atoms with E-state index in [1.807, 2.05) is 40.0 Å². The molecule has 0 spiro atoms. The molecule has 0 radical (unpaired) electrons. The number of carbonyl (C=O) groups excluding carboxylic acids is 2. The number of nitrogens with one attached hydrogen (secondary N) is 1. The molecule has 0 aliphatic carbocycles. The lowest BCUT2D eigenvalue weighted by Gasteiger charge is -2.39. The van der Waals surface area contributed by atoms with Gasteiger partial charge in [-0.3, -0.25) is 14.4 Å². The van der Waals surface area contributed by atoms with Crippen molar-refractivity contribution in [2.45, 2.75) is 6.04 Å². The maximum absolute atomic E-state index is 12.8. The van der Waals surface area contributed by atoms with Crippen LogP contribution in [-0.4, -0.2) is 69.7 Å². The number of para-hydroxylation sites is 1. The van der Waals surface area contributed by atoms with Gasteiger partial charge in [0.1, 0.15) is 0 Å². The molecule has 1 N–H and O–H groups in total. The summed E-state index contributed by atoms with van der Waals surface area (Å²) in [7, 11) is 1.80. The molecule has 2 fully saturated rings. The summed E-state index contributed by atoms with van der Waals surface area (Å²) < 4.78 is 1.86. The normalized spacial score (nSPS) is 17.8. The van der Waals surface area contributed by atoms with Gasteiger partial charge in [0.25, 0.3) is 5.91 Å². The first-order valence-corrected chi connectivity index (χ1v) is 9.04. The van der Waals surface area contributed by atoms with Crippen molar-refractivity contribution >= 4 is 28.5 Å². The van der Waals surface area contributed by atoms with Crippen LogP contribution < -0.4 is 4.90 Å². The fourth-order valence-corrected chi connectivity index (χ4v) is 3.76. The van der Waals surface area contributed by atoms with Gasteiger partial charge in [0.05, 0.1) is 23.5 Å². The Morgan fingerprint density at radius 3 is 2.81 bits per heavy atom. The number of anilines is 1. The largest absolute Gasteiger partial charge is 0.360 e. The van der Waals surface area contributed by atoms with Crippen LogP contribution in [0.15, 0.2) is 42.9 Å². The van der Waals surface area contributed by atoms with Crippen LogP contribution in [0.2, 0.25) is 0 Å². The molecule has 8 heteroatoms. The fourth-order valence-electron chi connectivity index (χ4n) is 3.76. The highest BCUT2D eigenvalue weighted by molar-refractivity contribution is 6.07. The number of H-pyrrole nitrogens is 1. The van der Waals surface area contributed by atoms with E-state index in [-0.39, 0.29) is 18.0 Å². The van der Waals surface area contributed by atoms with E-state index < -0.39 is 0 Å².